The van der Waals surface area contributed by atoms with Crippen molar-refractivity contribution < 1.29 is 14.4 Å². The molecule has 1 aromatic rings. The van der Waals surface area contributed by atoms with Gasteiger partial charge in [0.05, 0.1) is 11.1 Å². The lowest BCUT2D eigenvalue weighted by atomic mass is 10.0. The Labute approximate surface area is 141 Å². The highest BCUT2D eigenvalue weighted by Gasteiger charge is 2.36. The number of unbranched alkanes of at least 4 members (excludes halogenated alkanes) is 1. The summed E-state index contributed by atoms with van der Waals surface area (Å²) in [6, 6.07) is 4.86. The summed E-state index contributed by atoms with van der Waals surface area (Å²) in [5.41, 5.74) is 6.92. The minimum absolute atomic E-state index is 0.0594. The maximum atomic E-state index is 12.7. The van der Waals surface area contributed by atoms with E-state index in [4.69, 9.17) is 5.73 Å². The van der Waals surface area contributed by atoms with Crippen LogP contribution < -0.4 is 5.73 Å². The van der Waals surface area contributed by atoms with E-state index in [1.165, 1.54) is 4.90 Å². The van der Waals surface area contributed by atoms with Crippen LogP contribution in [0.25, 0.3) is 0 Å². The van der Waals surface area contributed by atoms with Gasteiger partial charge in [0.1, 0.15) is 0 Å². The maximum absolute atomic E-state index is 12.7. The Morgan fingerprint density at radius 3 is 2.71 bits per heavy atom. The summed E-state index contributed by atoms with van der Waals surface area (Å²) in [6.45, 7) is 3.57. The summed E-state index contributed by atoms with van der Waals surface area (Å²) in [6.07, 6.45) is 3.55. The molecule has 128 valence electrons. The number of likely N-dealkylation sites (tertiary alicyclic amines) is 1. The Kier molecular flexibility index (Phi) is 4.66. The van der Waals surface area contributed by atoms with Gasteiger partial charge in [-0.15, -0.1) is 0 Å². The van der Waals surface area contributed by atoms with Gasteiger partial charge in [-0.25, -0.2) is 0 Å². The molecule has 0 radical (unpaired) electrons. The fraction of sp³-hybridized carbons (Fsp3) is 0.500. The van der Waals surface area contributed by atoms with Gasteiger partial charge in [-0.3, -0.25) is 19.3 Å². The Morgan fingerprint density at radius 2 is 2.00 bits per heavy atom. The van der Waals surface area contributed by atoms with Crippen LogP contribution in [0.15, 0.2) is 18.2 Å². The number of carbonyl (C=O) groups is 3. The average molecular weight is 329 g/mol. The van der Waals surface area contributed by atoms with Crippen LogP contribution in [0.2, 0.25) is 0 Å². The van der Waals surface area contributed by atoms with Gasteiger partial charge in [0.25, 0.3) is 17.7 Å². The fourth-order valence-electron chi connectivity index (χ4n) is 3.46. The number of nitrogens with zero attached hydrogens (tertiary/aromatic N) is 2. The van der Waals surface area contributed by atoms with Gasteiger partial charge in [-0.1, -0.05) is 13.3 Å². The number of benzene rings is 1. The van der Waals surface area contributed by atoms with E-state index in [0.717, 1.165) is 25.7 Å². The number of carbonyl (C=O) groups excluding carboxylic acids is 3. The molecule has 0 aliphatic carbocycles. The first-order valence-electron chi connectivity index (χ1n) is 8.59. The zero-order valence-electron chi connectivity index (χ0n) is 14.0. The van der Waals surface area contributed by atoms with Crippen molar-refractivity contribution in [1.82, 2.24) is 9.80 Å². The maximum Gasteiger partial charge on any atom is 0.261 e. The summed E-state index contributed by atoms with van der Waals surface area (Å²) in [4.78, 5) is 40.6. The summed E-state index contributed by atoms with van der Waals surface area (Å²) in [7, 11) is 0. The first kappa shape index (κ1) is 16.6. The van der Waals surface area contributed by atoms with Crippen LogP contribution in [-0.4, -0.2) is 53.2 Å². The fourth-order valence-corrected chi connectivity index (χ4v) is 3.46. The van der Waals surface area contributed by atoms with E-state index >= 15 is 0 Å². The lowest BCUT2D eigenvalue weighted by Gasteiger charge is -2.23. The van der Waals surface area contributed by atoms with E-state index in [0.29, 0.717) is 36.3 Å². The van der Waals surface area contributed by atoms with Gasteiger partial charge in [0, 0.05) is 31.2 Å². The number of imide groups is 1. The lowest BCUT2D eigenvalue weighted by molar-refractivity contribution is 0.0651. The Morgan fingerprint density at radius 1 is 1.25 bits per heavy atom. The number of amides is 3. The van der Waals surface area contributed by atoms with Crippen molar-refractivity contribution in [3.05, 3.63) is 34.9 Å². The molecule has 2 aliphatic rings. The summed E-state index contributed by atoms with van der Waals surface area (Å²) < 4.78 is 0. The number of fused-ring (bicyclic) bond motifs is 1. The second-order valence-electron chi connectivity index (χ2n) is 6.41. The number of nitrogens with two attached hydrogens (primary N) is 1. The van der Waals surface area contributed by atoms with Crippen LogP contribution in [0.3, 0.4) is 0 Å². The largest absolute Gasteiger partial charge is 0.334 e. The minimum atomic E-state index is -0.296. The van der Waals surface area contributed by atoms with Crippen molar-refractivity contribution in [3.63, 3.8) is 0 Å². The molecule has 0 aromatic heterocycles. The average Bonchev–Trinajstić information content (AvgIpc) is 3.16. The van der Waals surface area contributed by atoms with Gasteiger partial charge in [0.15, 0.2) is 0 Å². The molecule has 2 aliphatic heterocycles. The monoisotopic (exact) mass is 329 g/mol. The first-order chi connectivity index (χ1) is 11.6. The van der Waals surface area contributed by atoms with Crippen LogP contribution in [0, 0.1) is 0 Å². The normalized spacial score (nSPS) is 20.0. The Balaban J connectivity index is 1.85. The molecule has 3 amide bonds. The van der Waals surface area contributed by atoms with Crippen LogP contribution in [0.5, 0.6) is 0 Å². The second kappa shape index (κ2) is 6.73. The predicted molar refractivity (Wildman–Crippen MR) is 89.8 cm³/mol. The summed E-state index contributed by atoms with van der Waals surface area (Å²) >= 11 is 0. The van der Waals surface area contributed by atoms with Gasteiger partial charge in [0.2, 0.25) is 0 Å². The Hall–Kier alpha value is -2.21. The molecular formula is C18H23N3O3. The topological polar surface area (TPSA) is 83.7 Å². The highest BCUT2D eigenvalue weighted by atomic mass is 16.2. The van der Waals surface area contributed by atoms with Crippen LogP contribution in [0.4, 0.5) is 0 Å². The molecule has 1 aromatic carbocycles. The number of hydrogen-bond acceptors (Lipinski definition) is 4. The number of hydrogen-bond donors (Lipinski definition) is 1. The van der Waals surface area contributed by atoms with Crippen molar-refractivity contribution in [2.24, 2.45) is 5.73 Å². The molecule has 3 rings (SSSR count). The van der Waals surface area contributed by atoms with E-state index in [1.54, 1.807) is 23.1 Å². The SMILES string of the molecule is CCCCN1C(=O)c2ccc(C(=O)N3CCCC3CN)cc2C1=O. The smallest absolute Gasteiger partial charge is 0.261 e. The molecule has 6 heteroatoms. The van der Waals surface area contributed by atoms with E-state index in [2.05, 4.69) is 0 Å². The summed E-state index contributed by atoms with van der Waals surface area (Å²) in [5, 5.41) is 0. The molecular weight excluding hydrogens is 306 g/mol. The molecule has 1 fully saturated rings. The molecule has 0 saturated carbocycles. The van der Waals surface area contributed by atoms with Crippen LogP contribution >= 0.6 is 0 Å². The molecule has 1 atom stereocenters. The van der Waals surface area contributed by atoms with Crippen LogP contribution in [-0.2, 0) is 0 Å². The predicted octanol–water partition coefficient (Wildman–Crippen LogP) is 1.65. The molecule has 0 bridgehead atoms. The van der Waals surface area contributed by atoms with Gasteiger partial charge >= 0.3 is 0 Å². The summed E-state index contributed by atoms with van der Waals surface area (Å²) in [5.74, 6) is -0.670. The van der Waals surface area contributed by atoms with Crippen molar-refractivity contribution >= 4 is 17.7 Å². The van der Waals surface area contributed by atoms with Crippen molar-refractivity contribution in [3.8, 4) is 0 Å². The quantitative estimate of drug-likeness (QED) is 0.833. The first-order valence-corrected chi connectivity index (χ1v) is 8.59. The molecule has 24 heavy (non-hydrogen) atoms. The third-order valence-corrected chi connectivity index (χ3v) is 4.86. The van der Waals surface area contributed by atoms with E-state index < -0.39 is 0 Å². The third kappa shape index (κ3) is 2.71. The molecule has 0 spiro atoms. The van der Waals surface area contributed by atoms with Gasteiger partial charge < -0.3 is 10.6 Å². The molecule has 2 N–H and O–H groups in total. The van der Waals surface area contributed by atoms with E-state index in [-0.39, 0.29) is 23.8 Å². The minimum Gasteiger partial charge on any atom is -0.334 e. The highest BCUT2D eigenvalue weighted by molar-refractivity contribution is 6.22. The Bertz CT molecular complexity index is 686. The van der Waals surface area contributed by atoms with E-state index in [9.17, 15) is 14.4 Å². The standard InChI is InChI=1S/C18H23N3O3/c1-2-3-8-21-17(23)14-7-6-12(10-15(14)18(21)24)16(22)20-9-4-5-13(20)11-19/h6-7,10,13H,2-5,8-9,11,19H2,1H3. The van der Waals surface area contributed by atoms with Crippen molar-refractivity contribution in [1.29, 1.82) is 0 Å². The second-order valence-corrected chi connectivity index (χ2v) is 6.41. The van der Waals surface area contributed by atoms with E-state index in [1.807, 2.05) is 6.92 Å². The van der Waals surface area contributed by atoms with Crippen LogP contribution in [0.1, 0.15) is 63.7 Å². The molecule has 6 nitrogen and oxygen atoms in total. The third-order valence-electron chi connectivity index (χ3n) is 4.86. The van der Waals surface area contributed by atoms with Crippen molar-refractivity contribution in [2.75, 3.05) is 19.6 Å². The van der Waals surface area contributed by atoms with Crippen molar-refractivity contribution in [2.45, 2.75) is 38.6 Å². The lowest BCUT2D eigenvalue weighted by Crippen LogP contribution is -2.39. The van der Waals surface area contributed by atoms with Gasteiger partial charge in [-0.05, 0) is 37.5 Å². The zero-order chi connectivity index (χ0) is 17.3. The zero-order valence-corrected chi connectivity index (χ0v) is 14.0. The molecule has 1 saturated heterocycles. The highest BCUT2D eigenvalue weighted by Crippen LogP contribution is 2.26. The van der Waals surface area contributed by atoms with Gasteiger partial charge in [-0.2, -0.15) is 0 Å². The molecule has 1 unspecified atom stereocenters. The number of rotatable bonds is 5. The molecule has 2 heterocycles.